The van der Waals surface area contributed by atoms with Crippen LogP contribution in [0, 0.1) is 11.3 Å². The third-order valence-electron chi connectivity index (χ3n) is 4.91. The number of benzene rings is 1. The van der Waals surface area contributed by atoms with Crippen LogP contribution in [0.1, 0.15) is 63.6 Å². The van der Waals surface area contributed by atoms with E-state index in [1.54, 1.807) is 0 Å². The summed E-state index contributed by atoms with van der Waals surface area (Å²) in [5.41, 5.74) is 2.89. The van der Waals surface area contributed by atoms with Crippen LogP contribution in [0.25, 0.3) is 0 Å². The first-order valence-corrected chi connectivity index (χ1v) is 8.48. The second kappa shape index (κ2) is 7.42. The van der Waals surface area contributed by atoms with Crippen molar-refractivity contribution in [2.45, 2.75) is 58.9 Å². The van der Waals surface area contributed by atoms with Gasteiger partial charge in [-0.05, 0) is 43.2 Å². The smallest absolute Gasteiger partial charge is 0.0499 e. The van der Waals surface area contributed by atoms with E-state index in [2.05, 4.69) is 50.4 Å². The van der Waals surface area contributed by atoms with E-state index >= 15 is 0 Å². The van der Waals surface area contributed by atoms with Crippen LogP contribution < -0.4 is 5.32 Å². The molecule has 0 saturated heterocycles. The Morgan fingerprint density at radius 2 is 1.71 bits per heavy atom. The molecule has 0 radical (unpaired) electrons. The summed E-state index contributed by atoms with van der Waals surface area (Å²) in [6.07, 6.45) is 6.00. The van der Waals surface area contributed by atoms with Gasteiger partial charge in [-0.3, -0.25) is 0 Å². The summed E-state index contributed by atoms with van der Waals surface area (Å²) in [5, 5.41) is 13.3. The third kappa shape index (κ3) is 4.55. The molecule has 1 aliphatic carbocycles. The number of aliphatic hydroxyl groups is 1. The standard InChI is InChI=1S/C19H31NO/c1-15(2)12-17-6-8-18(9-7-17)16(3)20-13-19(14-21)10-4-5-11-19/h6-9,15-16,20-21H,4-5,10-14H2,1-3H3. The molecule has 1 unspecified atom stereocenters. The second-order valence-corrected chi connectivity index (χ2v) is 7.31. The van der Waals surface area contributed by atoms with E-state index in [1.165, 1.54) is 24.0 Å². The third-order valence-corrected chi connectivity index (χ3v) is 4.91. The van der Waals surface area contributed by atoms with Crippen LogP contribution in [-0.2, 0) is 6.42 Å². The first-order valence-electron chi connectivity index (χ1n) is 8.48. The molecule has 1 aromatic carbocycles. The first kappa shape index (κ1) is 16.5. The largest absolute Gasteiger partial charge is 0.396 e. The lowest BCUT2D eigenvalue weighted by Gasteiger charge is -2.29. The fourth-order valence-corrected chi connectivity index (χ4v) is 3.42. The molecule has 2 heteroatoms. The normalized spacial score (nSPS) is 19.1. The van der Waals surface area contributed by atoms with Gasteiger partial charge in [-0.15, -0.1) is 0 Å². The van der Waals surface area contributed by atoms with Crippen molar-refractivity contribution in [2.75, 3.05) is 13.2 Å². The molecule has 1 fully saturated rings. The molecular formula is C19H31NO. The van der Waals surface area contributed by atoms with Crippen molar-refractivity contribution in [3.63, 3.8) is 0 Å². The van der Waals surface area contributed by atoms with Crippen molar-refractivity contribution in [2.24, 2.45) is 11.3 Å². The second-order valence-electron chi connectivity index (χ2n) is 7.31. The maximum atomic E-state index is 9.68. The number of rotatable bonds is 7. The van der Waals surface area contributed by atoms with Gasteiger partial charge in [0.2, 0.25) is 0 Å². The molecule has 0 aliphatic heterocycles. The zero-order valence-corrected chi connectivity index (χ0v) is 13.9. The predicted octanol–water partition coefficient (Wildman–Crippen LogP) is 4.09. The summed E-state index contributed by atoms with van der Waals surface area (Å²) in [7, 11) is 0. The molecule has 0 heterocycles. The molecule has 0 spiro atoms. The highest BCUT2D eigenvalue weighted by Crippen LogP contribution is 2.37. The van der Waals surface area contributed by atoms with E-state index in [-0.39, 0.29) is 5.41 Å². The number of hydrogen-bond acceptors (Lipinski definition) is 2. The van der Waals surface area contributed by atoms with Gasteiger partial charge in [-0.25, -0.2) is 0 Å². The molecule has 0 bridgehead atoms. The van der Waals surface area contributed by atoms with Crippen LogP contribution in [0.2, 0.25) is 0 Å². The number of aliphatic hydroxyl groups excluding tert-OH is 1. The highest BCUT2D eigenvalue weighted by Gasteiger charge is 2.33. The van der Waals surface area contributed by atoms with Crippen LogP contribution >= 0.6 is 0 Å². The highest BCUT2D eigenvalue weighted by atomic mass is 16.3. The van der Waals surface area contributed by atoms with Crippen molar-refractivity contribution >= 4 is 0 Å². The molecule has 2 N–H and O–H groups in total. The number of nitrogens with one attached hydrogen (secondary N) is 1. The zero-order valence-electron chi connectivity index (χ0n) is 13.9. The monoisotopic (exact) mass is 289 g/mol. The van der Waals surface area contributed by atoms with Gasteiger partial charge in [-0.2, -0.15) is 0 Å². The minimum absolute atomic E-state index is 0.131. The highest BCUT2D eigenvalue weighted by molar-refractivity contribution is 5.25. The molecule has 0 amide bonds. The van der Waals surface area contributed by atoms with Crippen LogP contribution in [0.5, 0.6) is 0 Å². The van der Waals surface area contributed by atoms with Gasteiger partial charge in [0.05, 0.1) is 0 Å². The first-order chi connectivity index (χ1) is 10.0. The van der Waals surface area contributed by atoms with Crippen molar-refractivity contribution in [3.8, 4) is 0 Å². The summed E-state index contributed by atoms with van der Waals surface area (Å²) in [6.45, 7) is 7.98. The zero-order chi connectivity index (χ0) is 15.3. The quantitative estimate of drug-likeness (QED) is 0.792. The molecule has 1 aliphatic rings. The van der Waals surface area contributed by atoms with E-state index in [0.29, 0.717) is 18.6 Å². The van der Waals surface area contributed by atoms with Crippen molar-refractivity contribution in [1.82, 2.24) is 5.32 Å². The average Bonchev–Trinajstić information content (AvgIpc) is 2.94. The fraction of sp³-hybridized carbons (Fsp3) is 0.684. The summed E-state index contributed by atoms with van der Waals surface area (Å²) >= 11 is 0. The summed E-state index contributed by atoms with van der Waals surface area (Å²) in [5.74, 6) is 0.707. The number of hydrogen-bond donors (Lipinski definition) is 2. The van der Waals surface area contributed by atoms with Gasteiger partial charge in [0.25, 0.3) is 0 Å². The Kier molecular flexibility index (Phi) is 5.83. The van der Waals surface area contributed by atoms with E-state index in [9.17, 15) is 5.11 Å². The van der Waals surface area contributed by atoms with E-state index < -0.39 is 0 Å². The Morgan fingerprint density at radius 1 is 1.10 bits per heavy atom. The predicted molar refractivity (Wildman–Crippen MR) is 89.4 cm³/mol. The molecule has 2 rings (SSSR count). The van der Waals surface area contributed by atoms with E-state index in [4.69, 9.17) is 0 Å². The Bertz CT molecular complexity index is 418. The van der Waals surface area contributed by atoms with E-state index in [0.717, 1.165) is 25.8 Å². The fourth-order valence-electron chi connectivity index (χ4n) is 3.42. The molecule has 21 heavy (non-hydrogen) atoms. The van der Waals surface area contributed by atoms with Crippen LogP contribution in [0.3, 0.4) is 0 Å². The molecule has 118 valence electrons. The minimum Gasteiger partial charge on any atom is -0.396 e. The Balaban J connectivity index is 1.89. The van der Waals surface area contributed by atoms with Gasteiger partial charge in [0.15, 0.2) is 0 Å². The van der Waals surface area contributed by atoms with Crippen LogP contribution in [0.4, 0.5) is 0 Å². The minimum atomic E-state index is 0.131. The molecule has 0 aromatic heterocycles. The topological polar surface area (TPSA) is 32.3 Å². The molecular weight excluding hydrogens is 258 g/mol. The molecule has 1 saturated carbocycles. The lowest BCUT2D eigenvalue weighted by molar-refractivity contribution is 0.125. The van der Waals surface area contributed by atoms with Gasteiger partial charge in [0.1, 0.15) is 0 Å². The average molecular weight is 289 g/mol. The van der Waals surface area contributed by atoms with E-state index in [1.807, 2.05) is 0 Å². The SMILES string of the molecule is CC(C)Cc1ccc(C(C)NCC2(CO)CCCC2)cc1. The van der Waals surface area contributed by atoms with Gasteiger partial charge < -0.3 is 10.4 Å². The maximum absolute atomic E-state index is 9.68. The Morgan fingerprint density at radius 3 is 2.24 bits per heavy atom. The summed E-state index contributed by atoms with van der Waals surface area (Å²) in [4.78, 5) is 0. The maximum Gasteiger partial charge on any atom is 0.0499 e. The van der Waals surface area contributed by atoms with Gasteiger partial charge in [0, 0.05) is 24.6 Å². The van der Waals surface area contributed by atoms with Crippen molar-refractivity contribution in [3.05, 3.63) is 35.4 Å². The van der Waals surface area contributed by atoms with Crippen LogP contribution in [0.15, 0.2) is 24.3 Å². The van der Waals surface area contributed by atoms with Crippen molar-refractivity contribution < 1.29 is 5.11 Å². The molecule has 2 nitrogen and oxygen atoms in total. The van der Waals surface area contributed by atoms with Crippen molar-refractivity contribution in [1.29, 1.82) is 0 Å². The Hall–Kier alpha value is -0.860. The molecule has 1 atom stereocenters. The molecule has 1 aromatic rings. The Labute approximate surface area is 130 Å². The summed E-state index contributed by atoms with van der Waals surface area (Å²) in [6, 6.07) is 9.35. The van der Waals surface area contributed by atoms with Gasteiger partial charge in [-0.1, -0.05) is 51.0 Å². The lowest BCUT2D eigenvalue weighted by Crippen LogP contribution is -2.36. The van der Waals surface area contributed by atoms with Crippen LogP contribution in [-0.4, -0.2) is 18.3 Å². The summed E-state index contributed by atoms with van der Waals surface area (Å²) < 4.78 is 0. The van der Waals surface area contributed by atoms with Gasteiger partial charge >= 0.3 is 0 Å². The lowest BCUT2D eigenvalue weighted by atomic mass is 9.87.